The largest absolute Gasteiger partial charge is 0.497 e. The van der Waals surface area contributed by atoms with E-state index in [9.17, 15) is 4.79 Å². The van der Waals surface area contributed by atoms with Crippen molar-refractivity contribution in [1.29, 1.82) is 0 Å². The van der Waals surface area contributed by atoms with Gasteiger partial charge in [-0.2, -0.15) is 0 Å². The smallest absolute Gasteiger partial charge is 0.310 e. The van der Waals surface area contributed by atoms with Crippen LogP contribution in [0.4, 0.5) is 0 Å². The van der Waals surface area contributed by atoms with Crippen LogP contribution >= 0.6 is 0 Å². The maximum absolute atomic E-state index is 11.1. The molecular formula is C17H20O3. The molecule has 0 bridgehead atoms. The van der Waals surface area contributed by atoms with E-state index in [1.165, 1.54) is 0 Å². The van der Waals surface area contributed by atoms with Crippen LogP contribution in [0.25, 0.3) is 6.08 Å². The van der Waals surface area contributed by atoms with Crippen LogP contribution in [0, 0.1) is 5.92 Å². The van der Waals surface area contributed by atoms with Crippen LogP contribution in [0.3, 0.4) is 0 Å². The molecule has 1 aromatic rings. The van der Waals surface area contributed by atoms with Crippen molar-refractivity contribution in [3.8, 4) is 5.75 Å². The topological polar surface area (TPSA) is 46.5 Å². The Balaban J connectivity index is 2.68. The van der Waals surface area contributed by atoms with Crippen molar-refractivity contribution in [2.75, 3.05) is 7.11 Å². The van der Waals surface area contributed by atoms with E-state index in [-0.39, 0.29) is 0 Å². The Bertz CT molecular complexity index is 510. The van der Waals surface area contributed by atoms with E-state index >= 15 is 0 Å². The second-order valence-electron chi connectivity index (χ2n) is 4.47. The lowest BCUT2D eigenvalue weighted by Gasteiger charge is -2.05. The van der Waals surface area contributed by atoms with E-state index in [4.69, 9.17) is 9.84 Å². The summed E-state index contributed by atoms with van der Waals surface area (Å²) in [4.78, 5) is 11.1. The van der Waals surface area contributed by atoms with E-state index in [2.05, 4.69) is 6.58 Å². The number of rotatable bonds is 7. The molecule has 1 unspecified atom stereocenters. The molecule has 0 aromatic heterocycles. The summed E-state index contributed by atoms with van der Waals surface area (Å²) in [5.74, 6) is -0.553. The molecule has 0 heterocycles. The van der Waals surface area contributed by atoms with Gasteiger partial charge in [0, 0.05) is 0 Å². The average Bonchev–Trinajstić information content (AvgIpc) is 2.46. The molecule has 20 heavy (non-hydrogen) atoms. The van der Waals surface area contributed by atoms with Crippen molar-refractivity contribution in [1.82, 2.24) is 0 Å². The van der Waals surface area contributed by atoms with Crippen molar-refractivity contribution in [2.24, 2.45) is 5.92 Å². The van der Waals surface area contributed by atoms with E-state index in [1.54, 1.807) is 19.3 Å². The fraction of sp³-hybridized carbons (Fsp3) is 0.235. The summed E-state index contributed by atoms with van der Waals surface area (Å²) in [6.07, 6.45) is 7.60. The predicted octanol–water partition coefficient (Wildman–Crippen LogP) is 3.93. The first-order valence-corrected chi connectivity index (χ1v) is 6.41. The lowest BCUT2D eigenvalue weighted by molar-refractivity contribution is -0.139. The molecule has 0 aliphatic rings. The molecular weight excluding hydrogens is 252 g/mol. The monoisotopic (exact) mass is 272 g/mol. The zero-order valence-electron chi connectivity index (χ0n) is 11.9. The molecule has 1 atom stereocenters. The fourth-order valence-electron chi connectivity index (χ4n) is 1.69. The summed E-state index contributed by atoms with van der Waals surface area (Å²) in [6.45, 7) is 5.47. The van der Waals surface area contributed by atoms with Gasteiger partial charge < -0.3 is 9.84 Å². The third kappa shape index (κ3) is 5.14. The van der Waals surface area contributed by atoms with Crippen molar-refractivity contribution in [3.63, 3.8) is 0 Å². The molecule has 0 radical (unpaired) electrons. The second kappa shape index (κ2) is 8.00. The Hall–Kier alpha value is -2.29. The maximum Gasteiger partial charge on any atom is 0.310 e. The summed E-state index contributed by atoms with van der Waals surface area (Å²) >= 11 is 0. The first kappa shape index (κ1) is 15.8. The fourth-order valence-corrected chi connectivity index (χ4v) is 1.69. The molecule has 3 nitrogen and oxygen atoms in total. The summed E-state index contributed by atoms with van der Waals surface area (Å²) in [5, 5.41) is 9.15. The number of aliphatic carboxylic acids is 1. The van der Waals surface area contributed by atoms with Gasteiger partial charge in [-0.3, -0.25) is 4.79 Å². The third-order valence-corrected chi connectivity index (χ3v) is 2.92. The van der Waals surface area contributed by atoms with Crippen LogP contribution in [-0.2, 0) is 4.79 Å². The van der Waals surface area contributed by atoms with Gasteiger partial charge in [0.05, 0.1) is 13.0 Å². The van der Waals surface area contributed by atoms with Gasteiger partial charge in [0.2, 0.25) is 0 Å². The number of carboxylic acids is 1. The van der Waals surface area contributed by atoms with Gasteiger partial charge in [-0.1, -0.05) is 48.6 Å². The molecule has 0 spiro atoms. The molecule has 0 aliphatic carbocycles. The molecule has 3 heteroatoms. The highest BCUT2D eigenvalue weighted by Crippen LogP contribution is 2.15. The van der Waals surface area contributed by atoms with Crippen LogP contribution < -0.4 is 4.74 Å². The third-order valence-electron chi connectivity index (χ3n) is 2.92. The highest BCUT2D eigenvalue weighted by Gasteiger charge is 2.12. The number of carbonyl (C=O) groups is 1. The number of benzene rings is 1. The first-order chi connectivity index (χ1) is 9.56. The molecule has 106 valence electrons. The quantitative estimate of drug-likeness (QED) is 0.765. The van der Waals surface area contributed by atoms with Gasteiger partial charge >= 0.3 is 5.97 Å². The minimum atomic E-state index is -0.828. The number of allylic oxidation sites excluding steroid dienone is 3. The van der Waals surface area contributed by atoms with Crippen molar-refractivity contribution < 1.29 is 14.6 Å². The van der Waals surface area contributed by atoms with Gasteiger partial charge in [-0.05, 0) is 31.0 Å². The molecule has 0 aliphatic heterocycles. The Morgan fingerprint density at radius 1 is 1.40 bits per heavy atom. The van der Waals surface area contributed by atoms with Crippen LogP contribution in [0.2, 0.25) is 0 Å². The normalized spacial score (nSPS) is 13.2. The zero-order valence-corrected chi connectivity index (χ0v) is 11.9. The Morgan fingerprint density at radius 2 is 2.05 bits per heavy atom. The highest BCUT2D eigenvalue weighted by molar-refractivity contribution is 5.73. The molecule has 0 amide bonds. The molecule has 0 saturated carbocycles. The van der Waals surface area contributed by atoms with Crippen LogP contribution in [0.15, 0.2) is 54.6 Å². The first-order valence-electron chi connectivity index (χ1n) is 6.41. The second-order valence-corrected chi connectivity index (χ2v) is 4.47. The lowest BCUT2D eigenvalue weighted by atomic mass is 10.0. The van der Waals surface area contributed by atoms with Crippen molar-refractivity contribution >= 4 is 12.0 Å². The minimum absolute atomic E-state index is 0.451. The molecule has 1 aromatic carbocycles. The van der Waals surface area contributed by atoms with Gasteiger partial charge in [0.15, 0.2) is 0 Å². The zero-order chi connectivity index (χ0) is 15.0. The van der Waals surface area contributed by atoms with E-state index in [0.717, 1.165) is 16.9 Å². The number of hydrogen-bond acceptors (Lipinski definition) is 2. The number of carboxylic acid groups (broad SMARTS) is 1. The van der Waals surface area contributed by atoms with Crippen LogP contribution in [0.1, 0.15) is 18.9 Å². The summed E-state index contributed by atoms with van der Waals surface area (Å²) in [7, 11) is 1.62. The Labute approximate surface area is 119 Å². The lowest BCUT2D eigenvalue weighted by Crippen LogP contribution is -2.10. The molecule has 1 N–H and O–H groups in total. The average molecular weight is 272 g/mol. The van der Waals surface area contributed by atoms with Crippen molar-refractivity contribution in [2.45, 2.75) is 13.3 Å². The van der Waals surface area contributed by atoms with Crippen LogP contribution in [0.5, 0.6) is 5.75 Å². The van der Waals surface area contributed by atoms with Gasteiger partial charge in [0.25, 0.3) is 0 Å². The molecule has 1 rings (SSSR count). The Morgan fingerprint density at radius 3 is 2.55 bits per heavy atom. The van der Waals surface area contributed by atoms with Gasteiger partial charge in [-0.25, -0.2) is 0 Å². The Kier molecular flexibility index (Phi) is 6.30. The number of methoxy groups -OCH3 is 1. The van der Waals surface area contributed by atoms with E-state index in [0.29, 0.717) is 6.42 Å². The number of ether oxygens (including phenoxy) is 1. The highest BCUT2D eigenvalue weighted by atomic mass is 16.5. The summed E-state index contributed by atoms with van der Waals surface area (Å²) in [5.41, 5.74) is 1.88. The van der Waals surface area contributed by atoms with E-state index in [1.807, 2.05) is 43.3 Å². The van der Waals surface area contributed by atoms with Crippen LogP contribution in [-0.4, -0.2) is 18.2 Å². The van der Waals surface area contributed by atoms with Gasteiger partial charge in [-0.15, -0.1) is 0 Å². The SMILES string of the molecule is C=C/C(C)=C/C(C/C=C/c1ccc(OC)cc1)C(=O)O. The van der Waals surface area contributed by atoms with Gasteiger partial charge in [0.1, 0.15) is 5.75 Å². The maximum atomic E-state index is 11.1. The number of hydrogen-bond donors (Lipinski definition) is 1. The summed E-state index contributed by atoms with van der Waals surface area (Å²) < 4.78 is 5.08. The predicted molar refractivity (Wildman–Crippen MR) is 81.7 cm³/mol. The summed E-state index contributed by atoms with van der Waals surface area (Å²) in [6, 6.07) is 7.60. The molecule has 0 fully saturated rings. The minimum Gasteiger partial charge on any atom is -0.497 e. The van der Waals surface area contributed by atoms with Crippen molar-refractivity contribution in [3.05, 3.63) is 60.2 Å². The van der Waals surface area contributed by atoms with E-state index < -0.39 is 11.9 Å². The standard InChI is InChI=1S/C17H20O3/c1-4-13(2)12-15(17(18)19)7-5-6-14-8-10-16(20-3)11-9-14/h4-6,8-12,15H,1,7H2,2-3H3,(H,18,19)/b6-5+,13-12+. The molecule has 0 saturated heterocycles.